The van der Waals surface area contributed by atoms with E-state index in [0.29, 0.717) is 5.75 Å². The number of fused-ring (bicyclic) bond motifs is 1. The van der Waals surface area contributed by atoms with E-state index in [-0.39, 0.29) is 0 Å². The lowest BCUT2D eigenvalue weighted by Gasteiger charge is -2.13. The van der Waals surface area contributed by atoms with Crippen molar-refractivity contribution in [2.75, 3.05) is 14.2 Å². The molecular weight excluding hydrogens is 312 g/mol. The highest BCUT2D eigenvalue weighted by atomic mass is 32.3. The Labute approximate surface area is 128 Å². The molecule has 1 aromatic carbocycles. The molecule has 0 bridgehead atoms. The highest BCUT2D eigenvalue weighted by Crippen LogP contribution is 2.21. The molecule has 1 N–H and O–H groups in total. The fourth-order valence-electron chi connectivity index (χ4n) is 1.62. The van der Waals surface area contributed by atoms with E-state index in [1.165, 1.54) is 7.05 Å². The number of benzene rings is 1. The quantitative estimate of drug-likeness (QED) is 0.354. The third-order valence-corrected chi connectivity index (χ3v) is 2.98. The molecule has 2 rings (SSSR count). The lowest BCUT2D eigenvalue weighted by Crippen LogP contribution is -2.30. The van der Waals surface area contributed by atoms with Gasteiger partial charge in [-0.1, -0.05) is 6.07 Å². The molecule has 9 heteroatoms. The van der Waals surface area contributed by atoms with Gasteiger partial charge in [-0.05, 0) is 18.2 Å². The Morgan fingerprint density at radius 2 is 1.91 bits per heavy atom. The Balaban J connectivity index is 0.000000346. The van der Waals surface area contributed by atoms with Crippen LogP contribution in [0.5, 0.6) is 5.75 Å². The largest absolute Gasteiger partial charge is 0.560 e. The molecule has 0 amide bonds. The van der Waals surface area contributed by atoms with Crippen LogP contribution in [-0.4, -0.2) is 33.2 Å². The van der Waals surface area contributed by atoms with E-state index in [4.69, 9.17) is 9.29 Å². The second-order valence-electron chi connectivity index (χ2n) is 4.00. The Kier molecular flexibility index (Phi) is 6.23. The molecule has 0 aliphatic rings. The Hall–Kier alpha value is -2.23. The van der Waals surface area contributed by atoms with Gasteiger partial charge in [0, 0.05) is 18.5 Å². The van der Waals surface area contributed by atoms with E-state index in [0.717, 1.165) is 18.0 Å². The molecule has 0 aliphatic carbocycles. The number of pyridine rings is 1. The van der Waals surface area contributed by atoms with Gasteiger partial charge in [0.2, 0.25) is 5.52 Å². The van der Waals surface area contributed by atoms with Crippen LogP contribution in [0.15, 0.2) is 41.5 Å². The van der Waals surface area contributed by atoms with Gasteiger partial charge in [-0.3, -0.25) is 13.7 Å². The molecule has 22 heavy (non-hydrogen) atoms. The summed E-state index contributed by atoms with van der Waals surface area (Å²) in [6.07, 6.45) is 1.32. The zero-order chi connectivity index (χ0) is 16.8. The average Bonchev–Trinajstić information content (AvgIpc) is 2.47. The summed E-state index contributed by atoms with van der Waals surface area (Å²) < 4.78 is 36.7. The third-order valence-electron chi connectivity index (χ3n) is 2.56. The second kappa shape index (κ2) is 7.69. The summed E-state index contributed by atoms with van der Waals surface area (Å²) in [6.45, 7) is 0. The minimum Gasteiger partial charge on any atom is -0.560 e. The highest BCUT2D eigenvalue weighted by Gasteiger charge is 2.07. The van der Waals surface area contributed by atoms with E-state index < -0.39 is 16.5 Å². The molecule has 0 spiro atoms. The van der Waals surface area contributed by atoms with Crippen LogP contribution in [0, 0.1) is 0 Å². The topological polar surface area (TPSA) is 112 Å². The molecule has 1 aromatic heterocycles. The smallest absolute Gasteiger partial charge is 0.397 e. The van der Waals surface area contributed by atoms with E-state index in [2.05, 4.69) is 9.18 Å². The Morgan fingerprint density at radius 1 is 1.32 bits per heavy atom. The van der Waals surface area contributed by atoms with Crippen LogP contribution in [0.1, 0.15) is 0 Å². The van der Waals surface area contributed by atoms with Gasteiger partial charge in [-0.2, -0.15) is 8.42 Å². The number of ether oxygens (including phenoxy) is 1. The zero-order valence-electron chi connectivity index (χ0n) is 12.3. The molecule has 0 fully saturated rings. The summed E-state index contributed by atoms with van der Waals surface area (Å²) in [4.78, 5) is 3.45. The predicted octanol–water partition coefficient (Wildman–Crippen LogP) is -0.175. The maximum absolute atomic E-state index is 11.1. The van der Waals surface area contributed by atoms with Gasteiger partial charge in [0.1, 0.15) is 13.1 Å². The lowest BCUT2D eigenvalue weighted by molar-refractivity contribution is -0.645. The monoisotopic (exact) mass is 328 g/mol. The number of rotatable bonds is 2. The lowest BCUT2D eigenvalue weighted by atomic mass is 10.2. The van der Waals surface area contributed by atoms with Crippen molar-refractivity contribution in [1.29, 1.82) is 0 Å². The first-order valence-corrected chi connectivity index (χ1v) is 7.37. The van der Waals surface area contributed by atoms with Gasteiger partial charge in [0.15, 0.2) is 6.20 Å². The van der Waals surface area contributed by atoms with Crippen LogP contribution in [0.25, 0.3) is 10.9 Å². The van der Waals surface area contributed by atoms with Crippen molar-refractivity contribution in [3.63, 3.8) is 0 Å². The zero-order valence-corrected chi connectivity index (χ0v) is 13.1. The number of aliphatic imine (C=N–C) groups is 1. The summed E-state index contributed by atoms with van der Waals surface area (Å²) in [5, 5.41) is 12.2. The molecule has 1 heterocycles. The van der Waals surface area contributed by atoms with Crippen LogP contribution < -0.4 is 14.4 Å². The van der Waals surface area contributed by atoms with E-state index >= 15 is 0 Å². The van der Waals surface area contributed by atoms with Crippen molar-refractivity contribution >= 4 is 27.4 Å². The predicted molar refractivity (Wildman–Crippen MR) is 77.7 cm³/mol. The summed E-state index contributed by atoms with van der Waals surface area (Å²) >= 11 is 0. The Bertz CT molecular complexity index is 768. The maximum Gasteiger partial charge on any atom is 0.397 e. The van der Waals surface area contributed by atoms with Gasteiger partial charge in [-0.25, -0.2) is 4.57 Å². The number of para-hydroxylation sites is 1. The molecule has 0 saturated heterocycles. The molecule has 0 radical (unpaired) electrons. The van der Waals surface area contributed by atoms with E-state index in [1.807, 2.05) is 42.1 Å². The molecule has 0 saturated carbocycles. The minimum atomic E-state index is -4.16. The fraction of sp³-hybridized carbons (Fsp3) is 0.231. The fourth-order valence-corrected chi connectivity index (χ4v) is 1.62. The maximum atomic E-state index is 11.1. The van der Waals surface area contributed by atoms with Crippen molar-refractivity contribution in [3.8, 4) is 5.75 Å². The molecule has 0 atom stereocenters. The van der Waals surface area contributed by atoms with Crippen LogP contribution >= 0.6 is 0 Å². The number of hydrogen-bond donors (Lipinski definition) is 1. The standard InChI is InChI=1S/C12H12N2O2.CH4O4S/c1-13-12(15)16-10-7-3-5-9-6-4-8-14(2)11(9)10;1-5-6(2,3)4/h3-8H,1-2H3;1H3,(H,2,3,4). The van der Waals surface area contributed by atoms with Crippen molar-refractivity contribution in [3.05, 3.63) is 36.5 Å². The summed E-state index contributed by atoms with van der Waals surface area (Å²) in [5.41, 5.74) is 0.877. The van der Waals surface area contributed by atoms with E-state index in [1.54, 1.807) is 6.07 Å². The average molecular weight is 328 g/mol. The van der Waals surface area contributed by atoms with Gasteiger partial charge >= 0.3 is 10.4 Å². The normalized spacial score (nSPS) is 11.7. The van der Waals surface area contributed by atoms with Gasteiger partial charge in [0.25, 0.3) is 0 Å². The van der Waals surface area contributed by atoms with Crippen molar-refractivity contribution in [2.24, 2.45) is 12.0 Å². The van der Waals surface area contributed by atoms with Crippen molar-refractivity contribution < 1.29 is 31.6 Å². The van der Waals surface area contributed by atoms with Crippen molar-refractivity contribution in [1.82, 2.24) is 0 Å². The number of aromatic nitrogens is 1. The molecule has 8 nitrogen and oxygen atoms in total. The van der Waals surface area contributed by atoms with Crippen LogP contribution in [0.2, 0.25) is 0 Å². The highest BCUT2D eigenvalue weighted by molar-refractivity contribution is 7.80. The minimum absolute atomic E-state index is 0.524. The van der Waals surface area contributed by atoms with Crippen LogP contribution in [-0.2, 0) is 21.6 Å². The first-order chi connectivity index (χ1) is 10.3. The SMILES string of the molecule is CN=C([O-])Oc1cccc2ccc[n+](C)c12.COS(=O)(=O)O. The van der Waals surface area contributed by atoms with Gasteiger partial charge in [0.05, 0.1) is 12.9 Å². The molecular formula is C13H16N2O6S. The summed E-state index contributed by atoms with van der Waals surface area (Å²) in [7, 11) is 0.0240. The number of aryl methyl sites for hydroxylation is 1. The third kappa shape index (κ3) is 5.28. The first-order valence-electron chi connectivity index (χ1n) is 6.00. The molecule has 120 valence electrons. The van der Waals surface area contributed by atoms with Crippen LogP contribution in [0.4, 0.5) is 0 Å². The number of hydrogen-bond acceptors (Lipinski definition) is 6. The molecule has 0 aliphatic heterocycles. The first kappa shape index (κ1) is 17.8. The number of nitrogens with zero attached hydrogens (tertiary/aromatic N) is 2. The molecule has 2 aromatic rings. The summed E-state index contributed by atoms with van der Waals surface area (Å²) in [6, 6.07) is 9.48. The van der Waals surface area contributed by atoms with Gasteiger partial charge < -0.3 is 9.84 Å². The Morgan fingerprint density at radius 3 is 2.45 bits per heavy atom. The summed E-state index contributed by atoms with van der Waals surface area (Å²) in [5.74, 6) is 0.524. The van der Waals surface area contributed by atoms with Crippen molar-refractivity contribution in [2.45, 2.75) is 0 Å². The second-order valence-corrected chi connectivity index (χ2v) is 5.19. The molecule has 0 unspecified atom stereocenters. The van der Waals surface area contributed by atoms with Gasteiger partial charge in [-0.15, -0.1) is 0 Å². The van der Waals surface area contributed by atoms with E-state index in [9.17, 15) is 13.5 Å². The van der Waals surface area contributed by atoms with Crippen LogP contribution in [0.3, 0.4) is 0 Å².